The summed E-state index contributed by atoms with van der Waals surface area (Å²) in [6.07, 6.45) is 0. The first-order chi connectivity index (χ1) is 11.8. The van der Waals surface area contributed by atoms with E-state index in [9.17, 15) is 9.59 Å². The standard InChI is InChI=1S/C16H13Cl2N3O2S2/c1-7-3-12-14(23)20-16(21-15(12)24-7)25-8(2)13(22)19-11-5-9(17)4-10(18)6-11/h3-6,8H,1-2H3,(H,19,22)(H,20,21,23). The largest absolute Gasteiger partial charge is 0.325 e. The number of H-pyrrole nitrogens is 1. The van der Waals surface area contributed by atoms with Gasteiger partial charge in [-0.1, -0.05) is 35.0 Å². The van der Waals surface area contributed by atoms with Gasteiger partial charge in [0.2, 0.25) is 5.91 Å². The van der Waals surface area contributed by atoms with Gasteiger partial charge < -0.3 is 10.3 Å². The fourth-order valence-electron chi connectivity index (χ4n) is 2.18. The summed E-state index contributed by atoms with van der Waals surface area (Å²) >= 11 is 14.5. The smallest absolute Gasteiger partial charge is 0.260 e. The van der Waals surface area contributed by atoms with E-state index >= 15 is 0 Å². The fraction of sp³-hybridized carbons (Fsp3) is 0.188. The number of thioether (sulfide) groups is 1. The van der Waals surface area contributed by atoms with Crippen LogP contribution >= 0.6 is 46.3 Å². The van der Waals surface area contributed by atoms with Crippen LogP contribution in [0.5, 0.6) is 0 Å². The van der Waals surface area contributed by atoms with Gasteiger partial charge in [-0.25, -0.2) is 4.98 Å². The third kappa shape index (κ3) is 4.36. The molecule has 9 heteroatoms. The van der Waals surface area contributed by atoms with E-state index < -0.39 is 5.25 Å². The van der Waals surface area contributed by atoms with Crippen LogP contribution in [0, 0.1) is 6.92 Å². The maximum absolute atomic E-state index is 12.4. The predicted octanol–water partition coefficient (Wildman–Crippen LogP) is 4.72. The number of hydrogen-bond donors (Lipinski definition) is 2. The van der Waals surface area contributed by atoms with Crippen LogP contribution in [0.1, 0.15) is 11.8 Å². The summed E-state index contributed by atoms with van der Waals surface area (Å²) in [5, 5.41) is 4.13. The highest BCUT2D eigenvalue weighted by atomic mass is 35.5. The lowest BCUT2D eigenvalue weighted by Crippen LogP contribution is -2.23. The number of benzene rings is 1. The Hall–Kier alpha value is -1.54. The molecule has 1 atom stereocenters. The van der Waals surface area contributed by atoms with Crippen molar-refractivity contribution in [2.24, 2.45) is 0 Å². The van der Waals surface area contributed by atoms with E-state index in [0.717, 1.165) is 4.88 Å². The molecule has 2 heterocycles. The molecule has 0 aliphatic rings. The molecule has 0 saturated heterocycles. The second-order valence-corrected chi connectivity index (χ2v) is 8.79. The van der Waals surface area contributed by atoms with Crippen molar-refractivity contribution in [1.29, 1.82) is 0 Å². The number of thiophene rings is 1. The molecule has 3 aromatic rings. The first kappa shape index (κ1) is 18.3. The van der Waals surface area contributed by atoms with Gasteiger partial charge in [-0.3, -0.25) is 9.59 Å². The number of aromatic amines is 1. The summed E-state index contributed by atoms with van der Waals surface area (Å²) in [7, 11) is 0. The Morgan fingerprint density at radius 3 is 2.64 bits per heavy atom. The number of halogens is 2. The van der Waals surface area contributed by atoms with Crippen LogP contribution in [0.3, 0.4) is 0 Å². The van der Waals surface area contributed by atoms with Crippen molar-refractivity contribution in [2.45, 2.75) is 24.3 Å². The lowest BCUT2D eigenvalue weighted by Gasteiger charge is -2.12. The van der Waals surface area contributed by atoms with Crippen molar-refractivity contribution in [3.63, 3.8) is 0 Å². The Morgan fingerprint density at radius 1 is 1.28 bits per heavy atom. The van der Waals surface area contributed by atoms with Gasteiger partial charge in [-0.05, 0) is 38.1 Å². The molecule has 1 unspecified atom stereocenters. The number of rotatable bonds is 4. The molecule has 0 aliphatic carbocycles. The van der Waals surface area contributed by atoms with Crippen LogP contribution in [0.4, 0.5) is 5.69 Å². The van der Waals surface area contributed by atoms with Gasteiger partial charge in [0.15, 0.2) is 5.16 Å². The molecule has 1 amide bonds. The van der Waals surface area contributed by atoms with Crippen molar-refractivity contribution in [2.75, 3.05) is 5.32 Å². The molecule has 3 rings (SSSR count). The number of nitrogens with one attached hydrogen (secondary N) is 2. The van der Waals surface area contributed by atoms with Gasteiger partial charge in [0, 0.05) is 20.6 Å². The highest BCUT2D eigenvalue weighted by Crippen LogP contribution is 2.26. The van der Waals surface area contributed by atoms with Crippen LogP contribution in [0.2, 0.25) is 10.0 Å². The Labute approximate surface area is 161 Å². The minimum atomic E-state index is -0.473. The molecule has 0 bridgehead atoms. The highest BCUT2D eigenvalue weighted by molar-refractivity contribution is 8.00. The number of amides is 1. The SMILES string of the molecule is Cc1cc2c(=O)[nH]c(SC(C)C(=O)Nc3cc(Cl)cc(Cl)c3)nc2s1. The van der Waals surface area contributed by atoms with Gasteiger partial charge in [-0.2, -0.15) is 0 Å². The van der Waals surface area contributed by atoms with E-state index in [1.54, 1.807) is 31.2 Å². The predicted molar refractivity (Wildman–Crippen MR) is 105 cm³/mol. The summed E-state index contributed by atoms with van der Waals surface area (Å²) < 4.78 is 0. The quantitative estimate of drug-likeness (QED) is 0.479. The van der Waals surface area contributed by atoms with E-state index in [-0.39, 0.29) is 11.5 Å². The number of anilines is 1. The molecule has 2 N–H and O–H groups in total. The number of fused-ring (bicyclic) bond motifs is 1. The molecule has 1 aromatic carbocycles. The van der Waals surface area contributed by atoms with Crippen molar-refractivity contribution >= 4 is 68.1 Å². The molecule has 2 aromatic heterocycles. The zero-order valence-corrected chi connectivity index (χ0v) is 16.4. The molecule has 130 valence electrons. The van der Waals surface area contributed by atoms with Crippen LogP contribution in [-0.4, -0.2) is 21.1 Å². The van der Waals surface area contributed by atoms with Gasteiger partial charge in [-0.15, -0.1) is 11.3 Å². The van der Waals surface area contributed by atoms with Crippen LogP contribution in [0.25, 0.3) is 10.2 Å². The van der Waals surface area contributed by atoms with Gasteiger partial charge in [0.05, 0.1) is 10.6 Å². The lowest BCUT2D eigenvalue weighted by atomic mass is 10.3. The summed E-state index contributed by atoms with van der Waals surface area (Å²) in [5.41, 5.74) is 0.312. The minimum absolute atomic E-state index is 0.203. The monoisotopic (exact) mass is 413 g/mol. The fourth-order valence-corrected chi connectivity index (χ4v) is 4.44. The maximum Gasteiger partial charge on any atom is 0.260 e. The molecule has 0 saturated carbocycles. The minimum Gasteiger partial charge on any atom is -0.325 e. The lowest BCUT2D eigenvalue weighted by molar-refractivity contribution is -0.115. The second-order valence-electron chi connectivity index (χ2n) is 5.35. The van der Waals surface area contributed by atoms with E-state index in [0.29, 0.717) is 31.1 Å². The average Bonchev–Trinajstić information content (AvgIpc) is 2.87. The molecule has 0 spiro atoms. The summed E-state index contributed by atoms with van der Waals surface area (Å²) in [5.74, 6) is -0.242. The Balaban J connectivity index is 1.76. The Bertz CT molecular complexity index is 996. The molecule has 0 radical (unpaired) electrons. The molecule has 0 fully saturated rings. The number of carbonyl (C=O) groups excluding carboxylic acids is 1. The molecule has 25 heavy (non-hydrogen) atoms. The normalized spacial score (nSPS) is 12.3. The second kappa shape index (κ2) is 7.37. The Morgan fingerprint density at radius 2 is 1.96 bits per heavy atom. The van der Waals surface area contributed by atoms with Gasteiger partial charge in [0.1, 0.15) is 4.83 Å². The van der Waals surface area contributed by atoms with Gasteiger partial charge >= 0.3 is 0 Å². The van der Waals surface area contributed by atoms with Crippen molar-refractivity contribution in [1.82, 2.24) is 9.97 Å². The summed E-state index contributed by atoms with van der Waals surface area (Å²) in [6.45, 7) is 3.65. The highest BCUT2D eigenvalue weighted by Gasteiger charge is 2.17. The first-order valence-electron chi connectivity index (χ1n) is 7.26. The van der Waals surface area contributed by atoms with Crippen LogP contribution in [0.15, 0.2) is 34.2 Å². The topological polar surface area (TPSA) is 74.8 Å². The van der Waals surface area contributed by atoms with Crippen molar-refractivity contribution in [3.05, 3.63) is 49.5 Å². The molecular weight excluding hydrogens is 401 g/mol. The van der Waals surface area contributed by atoms with E-state index in [1.165, 1.54) is 23.1 Å². The third-order valence-electron chi connectivity index (χ3n) is 3.29. The number of carbonyl (C=O) groups is 1. The summed E-state index contributed by atoms with van der Waals surface area (Å²) in [4.78, 5) is 33.3. The molecule has 5 nitrogen and oxygen atoms in total. The first-order valence-corrected chi connectivity index (χ1v) is 9.71. The molecule has 0 aliphatic heterocycles. The summed E-state index contributed by atoms with van der Waals surface area (Å²) in [6, 6.07) is 6.62. The number of hydrogen-bond acceptors (Lipinski definition) is 5. The van der Waals surface area contributed by atoms with E-state index in [2.05, 4.69) is 15.3 Å². The zero-order valence-electron chi connectivity index (χ0n) is 13.2. The van der Waals surface area contributed by atoms with Crippen molar-refractivity contribution in [3.8, 4) is 0 Å². The number of nitrogens with zero attached hydrogens (tertiary/aromatic N) is 1. The van der Waals surface area contributed by atoms with Crippen LogP contribution in [-0.2, 0) is 4.79 Å². The van der Waals surface area contributed by atoms with Crippen molar-refractivity contribution < 1.29 is 4.79 Å². The van der Waals surface area contributed by atoms with Crippen LogP contribution < -0.4 is 10.9 Å². The zero-order chi connectivity index (χ0) is 18.1. The number of aromatic nitrogens is 2. The third-order valence-corrected chi connectivity index (χ3v) is 5.66. The van der Waals surface area contributed by atoms with Gasteiger partial charge in [0.25, 0.3) is 5.56 Å². The van der Waals surface area contributed by atoms with E-state index in [1.807, 2.05) is 6.92 Å². The maximum atomic E-state index is 12.4. The van der Waals surface area contributed by atoms with E-state index in [4.69, 9.17) is 23.2 Å². The number of aryl methyl sites for hydroxylation is 1. The average molecular weight is 414 g/mol. The Kier molecular flexibility index (Phi) is 5.38. The molecular formula is C16H13Cl2N3O2S2.